The van der Waals surface area contributed by atoms with Gasteiger partial charge in [-0.1, -0.05) is 19.1 Å². The van der Waals surface area contributed by atoms with Crippen molar-refractivity contribution in [2.24, 2.45) is 10.7 Å². The molecule has 3 N–H and O–H groups in total. The molecule has 0 radical (unpaired) electrons. The summed E-state index contributed by atoms with van der Waals surface area (Å²) in [5.41, 5.74) is 9.29. The molecule has 1 heterocycles. The number of aromatic nitrogens is 1. The maximum Gasteiger partial charge on any atom is 0.193 e. The van der Waals surface area contributed by atoms with E-state index in [1.54, 1.807) is 11.3 Å². The molecular formula is C16H22N4S. The van der Waals surface area contributed by atoms with Crippen LogP contribution in [-0.4, -0.2) is 17.5 Å². The Morgan fingerprint density at radius 3 is 2.86 bits per heavy atom. The maximum absolute atomic E-state index is 5.92. The van der Waals surface area contributed by atoms with E-state index in [9.17, 15) is 0 Å². The van der Waals surface area contributed by atoms with E-state index in [0.29, 0.717) is 12.5 Å². The lowest BCUT2D eigenvalue weighted by Gasteiger charge is -2.06. The molecule has 112 valence electrons. The number of rotatable bonds is 5. The molecule has 5 heteroatoms. The van der Waals surface area contributed by atoms with E-state index < -0.39 is 0 Å². The van der Waals surface area contributed by atoms with E-state index in [2.05, 4.69) is 41.3 Å². The number of thiazole rings is 1. The molecule has 0 saturated carbocycles. The van der Waals surface area contributed by atoms with Crippen LogP contribution < -0.4 is 11.1 Å². The second kappa shape index (κ2) is 7.22. The second-order valence-electron chi connectivity index (χ2n) is 4.95. The largest absolute Gasteiger partial charge is 0.370 e. The lowest BCUT2D eigenvalue weighted by Crippen LogP contribution is -2.23. The minimum Gasteiger partial charge on any atom is -0.370 e. The number of benzene rings is 1. The van der Waals surface area contributed by atoms with Crippen LogP contribution in [0.25, 0.3) is 0 Å². The van der Waals surface area contributed by atoms with Gasteiger partial charge in [-0.3, -0.25) is 4.99 Å². The standard InChI is InChI=1S/C16H22N4S/c1-4-13-6-5-7-14(10-13)20-16(17)18-9-8-15-19-11(2)12(3)21-15/h5-7,10H,4,8-9H2,1-3H3,(H3,17,18,20). The molecule has 1 aromatic heterocycles. The third kappa shape index (κ3) is 4.56. The van der Waals surface area contributed by atoms with Crippen LogP contribution in [0.15, 0.2) is 29.3 Å². The maximum atomic E-state index is 5.92. The summed E-state index contributed by atoms with van der Waals surface area (Å²) in [6.45, 7) is 6.92. The summed E-state index contributed by atoms with van der Waals surface area (Å²) in [5, 5.41) is 4.25. The fourth-order valence-electron chi connectivity index (χ4n) is 1.97. The van der Waals surface area contributed by atoms with Crippen molar-refractivity contribution in [3.63, 3.8) is 0 Å². The molecule has 0 bridgehead atoms. The monoisotopic (exact) mass is 302 g/mol. The Morgan fingerprint density at radius 1 is 1.38 bits per heavy atom. The topological polar surface area (TPSA) is 63.3 Å². The van der Waals surface area contributed by atoms with Gasteiger partial charge in [-0.15, -0.1) is 11.3 Å². The summed E-state index contributed by atoms with van der Waals surface area (Å²) in [5.74, 6) is 0.452. The molecule has 0 fully saturated rings. The Morgan fingerprint density at radius 2 is 2.19 bits per heavy atom. The minimum absolute atomic E-state index is 0.452. The Kier molecular flexibility index (Phi) is 5.33. The van der Waals surface area contributed by atoms with Gasteiger partial charge >= 0.3 is 0 Å². The van der Waals surface area contributed by atoms with Gasteiger partial charge in [0.25, 0.3) is 0 Å². The van der Waals surface area contributed by atoms with Gasteiger partial charge in [0.1, 0.15) is 0 Å². The van der Waals surface area contributed by atoms with Gasteiger partial charge < -0.3 is 11.1 Å². The highest BCUT2D eigenvalue weighted by Crippen LogP contribution is 2.16. The van der Waals surface area contributed by atoms with Crippen LogP contribution >= 0.6 is 11.3 Å². The van der Waals surface area contributed by atoms with Gasteiger partial charge in [0.2, 0.25) is 0 Å². The SMILES string of the molecule is CCc1cccc(NC(N)=NCCc2nc(C)c(C)s2)c1. The van der Waals surface area contributed by atoms with Crippen molar-refractivity contribution in [3.05, 3.63) is 45.4 Å². The first kappa shape index (κ1) is 15.5. The molecule has 2 rings (SSSR count). The van der Waals surface area contributed by atoms with Crippen molar-refractivity contribution in [2.45, 2.75) is 33.6 Å². The molecule has 1 aromatic carbocycles. The average Bonchev–Trinajstić information content (AvgIpc) is 2.78. The molecule has 0 amide bonds. The van der Waals surface area contributed by atoms with Gasteiger partial charge in [-0.2, -0.15) is 0 Å². The number of guanidine groups is 1. The van der Waals surface area contributed by atoms with E-state index in [1.165, 1.54) is 10.4 Å². The third-order valence-corrected chi connectivity index (χ3v) is 4.42. The Bertz CT molecular complexity index is 611. The zero-order valence-corrected chi connectivity index (χ0v) is 13.6. The number of hydrogen-bond donors (Lipinski definition) is 2. The Balaban J connectivity index is 1.88. The zero-order valence-electron chi connectivity index (χ0n) is 12.8. The van der Waals surface area contributed by atoms with E-state index in [-0.39, 0.29) is 0 Å². The number of aryl methyl sites for hydroxylation is 3. The number of nitrogens with two attached hydrogens (primary N) is 1. The lowest BCUT2D eigenvalue weighted by molar-refractivity contribution is 0.941. The summed E-state index contributed by atoms with van der Waals surface area (Å²) in [4.78, 5) is 10.1. The zero-order chi connectivity index (χ0) is 15.2. The van der Waals surface area contributed by atoms with Gasteiger partial charge in [-0.25, -0.2) is 4.98 Å². The summed E-state index contributed by atoms with van der Waals surface area (Å²) in [6, 6.07) is 8.21. The van der Waals surface area contributed by atoms with Crippen LogP contribution in [0.2, 0.25) is 0 Å². The van der Waals surface area contributed by atoms with Crippen molar-refractivity contribution in [1.82, 2.24) is 4.98 Å². The molecule has 0 aliphatic heterocycles. The number of aliphatic imine (C=N–C) groups is 1. The van der Waals surface area contributed by atoms with Gasteiger partial charge in [0.15, 0.2) is 5.96 Å². The molecule has 0 saturated heterocycles. The fourth-order valence-corrected chi connectivity index (χ4v) is 2.90. The van der Waals surface area contributed by atoms with Crippen molar-refractivity contribution in [2.75, 3.05) is 11.9 Å². The highest BCUT2D eigenvalue weighted by molar-refractivity contribution is 7.11. The molecule has 4 nitrogen and oxygen atoms in total. The van der Waals surface area contributed by atoms with E-state index in [4.69, 9.17) is 5.73 Å². The van der Waals surface area contributed by atoms with Crippen molar-refractivity contribution in [3.8, 4) is 0 Å². The lowest BCUT2D eigenvalue weighted by atomic mass is 10.1. The Labute approximate surface area is 130 Å². The fraction of sp³-hybridized carbons (Fsp3) is 0.375. The minimum atomic E-state index is 0.452. The molecule has 0 aliphatic carbocycles. The van der Waals surface area contributed by atoms with Crippen LogP contribution in [0.3, 0.4) is 0 Å². The van der Waals surface area contributed by atoms with Gasteiger partial charge in [0, 0.05) is 23.5 Å². The van der Waals surface area contributed by atoms with Crippen LogP contribution in [-0.2, 0) is 12.8 Å². The van der Waals surface area contributed by atoms with Crippen LogP contribution in [0, 0.1) is 13.8 Å². The first-order valence-corrected chi connectivity index (χ1v) is 7.99. The average molecular weight is 302 g/mol. The highest BCUT2D eigenvalue weighted by Gasteiger charge is 2.03. The molecule has 0 aliphatic rings. The van der Waals surface area contributed by atoms with E-state index in [0.717, 1.165) is 29.2 Å². The highest BCUT2D eigenvalue weighted by atomic mass is 32.1. The first-order valence-electron chi connectivity index (χ1n) is 7.17. The summed E-state index contributed by atoms with van der Waals surface area (Å²) in [6.07, 6.45) is 1.84. The predicted octanol–water partition coefficient (Wildman–Crippen LogP) is 3.29. The molecule has 2 aromatic rings. The molecule has 0 spiro atoms. The van der Waals surface area contributed by atoms with Gasteiger partial charge in [0.05, 0.1) is 10.7 Å². The van der Waals surface area contributed by atoms with Gasteiger partial charge in [-0.05, 0) is 38.0 Å². The van der Waals surface area contributed by atoms with Crippen LogP contribution in [0.1, 0.15) is 28.1 Å². The number of nitrogens with one attached hydrogen (secondary N) is 1. The second-order valence-corrected chi connectivity index (χ2v) is 6.23. The van der Waals surface area contributed by atoms with Crippen molar-refractivity contribution < 1.29 is 0 Å². The third-order valence-electron chi connectivity index (χ3n) is 3.29. The first-order chi connectivity index (χ1) is 10.1. The van der Waals surface area contributed by atoms with Crippen LogP contribution in [0.5, 0.6) is 0 Å². The molecule has 0 unspecified atom stereocenters. The molecule has 0 atom stereocenters. The van der Waals surface area contributed by atoms with Crippen LogP contribution in [0.4, 0.5) is 5.69 Å². The number of hydrogen-bond acceptors (Lipinski definition) is 3. The van der Waals surface area contributed by atoms with E-state index in [1.807, 2.05) is 19.1 Å². The number of nitrogens with zero attached hydrogens (tertiary/aromatic N) is 2. The quantitative estimate of drug-likeness (QED) is 0.658. The Hall–Kier alpha value is -1.88. The number of anilines is 1. The van der Waals surface area contributed by atoms with E-state index >= 15 is 0 Å². The summed E-state index contributed by atoms with van der Waals surface area (Å²) >= 11 is 1.73. The summed E-state index contributed by atoms with van der Waals surface area (Å²) in [7, 11) is 0. The normalized spacial score (nSPS) is 11.7. The van der Waals surface area contributed by atoms with Crippen molar-refractivity contribution >= 4 is 23.0 Å². The molecule has 21 heavy (non-hydrogen) atoms. The predicted molar refractivity (Wildman–Crippen MR) is 91.2 cm³/mol. The van der Waals surface area contributed by atoms with Crippen molar-refractivity contribution in [1.29, 1.82) is 0 Å². The molecular weight excluding hydrogens is 280 g/mol. The smallest absolute Gasteiger partial charge is 0.193 e. The summed E-state index contributed by atoms with van der Waals surface area (Å²) < 4.78 is 0.